The van der Waals surface area contributed by atoms with Crippen LogP contribution in [0, 0.1) is 18.6 Å². The van der Waals surface area contributed by atoms with E-state index >= 15 is 0 Å². The second-order valence-electron chi connectivity index (χ2n) is 4.02. The van der Waals surface area contributed by atoms with Crippen LogP contribution in [-0.2, 0) is 0 Å². The van der Waals surface area contributed by atoms with Gasteiger partial charge in [0.15, 0.2) is 0 Å². The Labute approximate surface area is 106 Å². The summed E-state index contributed by atoms with van der Waals surface area (Å²) in [6.45, 7) is 5.48. The fraction of sp³-hybridized carbons (Fsp3) is 0.462. The van der Waals surface area contributed by atoms with Gasteiger partial charge in [-0.2, -0.15) is 0 Å². The molecule has 0 radical (unpaired) electrons. The van der Waals surface area contributed by atoms with Gasteiger partial charge >= 0.3 is 0 Å². The van der Waals surface area contributed by atoms with Crippen LogP contribution in [0.4, 0.5) is 8.78 Å². The first-order valence-electron chi connectivity index (χ1n) is 6.01. The van der Waals surface area contributed by atoms with Crippen LogP contribution < -0.4 is 10.6 Å². The molecule has 1 amide bonds. The Morgan fingerprint density at radius 3 is 2.67 bits per heavy atom. The summed E-state index contributed by atoms with van der Waals surface area (Å²) in [5.74, 6) is -2.33. The molecule has 0 aliphatic heterocycles. The summed E-state index contributed by atoms with van der Waals surface area (Å²) in [4.78, 5) is 11.7. The van der Waals surface area contributed by atoms with Crippen LogP contribution in [0.3, 0.4) is 0 Å². The standard InChI is InChI=1S/C13H18F2N2O/c1-3-16-7-4-8-17-13(18)11-10(14)6-5-9(2)12(11)15/h5-6,16H,3-4,7-8H2,1-2H3,(H,17,18). The fourth-order valence-corrected chi connectivity index (χ4v) is 1.55. The maximum absolute atomic E-state index is 13.6. The smallest absolute Gasteiger partial charge is 0.257 e. The highest BCUT2D eigenvalue weighted by Crippen LogP contribution is 2.15. The number of halogens is 2. The minimum absolute atomic E-state index is 0.259. The molecule has 0 unspecified atom stereocenters. The molecule has 0 atom stereocenters. The van der Waals surface area contributed by atoms with Crippen molar-refractivity contribution in [1.82, 2.24) is 10.6 Å². The first-order chi connectivity index (χ1) is 8.57. The number of rotatable bonds is 6. The molecule has 1 aromatic carbocycles. The second-order valence-corrected chi connectivity index (χ2v) is 4.02. The molecule has 0 saturated heterocycles. The minimum atomic E-state index is -0.831. The fourth-order valence-electron chi connectivity index (χ4n) is 1.55. The molecule has 100 valence electrons. The van der Waals surface area contributed by atoms with Crippen molar-refractivity contribution >= 4 is 5.91 Å². The van der Waals surface area contributed by atoms with E-state index in [4.69, 9.17) is 0 Å². The van der Waals surface area contributed by atoms with E-state index in [9.17, 15) is 13.6 Å². The summed E-state index contributed by atoms with van der Waals surface area (Å²) in [6, 6.07) is 2.42. The van der Waals surface area contributed by atoms with Crippen molar-refractivity contribution in [3.8, 4) is 0 Å². The Hall–Kier alpha value is -1.49. The topological polar surface area (TPSA) is 41.1 Å². The Balaban J connectivity index is 2.59. The average molecular weight is 256 g/mol. The molecule has 3 nitrogen and oxygen atoms in total. The zero-order valence-electron chi connectivity index (χ0n) is 10.6. The summed E-state index contributed by atoms with van der Waals surface area (Å²) in [7, 11) is 0. The Kier molecular flexibility index (Phi) is 5.71. The van der Waals surface area contributed by atoms with Gasteiger partial charge in [-0.25, -0.2) is 8.78 Å². The van der Waals surface area contributed by atoms with Crippen molar-refractivity contribution < 1.29 is 13.6 Å². The van der Waals surface area contributed by atoms with Crippen LogP contribution in [0.25, 0.3) is 0 Å². The zero-order valence-corrected chi connectivity index (χ0v) is 10.6. The molecule has 1 rings (SSSR count). The third-order valence-corrected chi connectivity index (χ3v) is 2.58. The van der Waals surface area contributed by atoms with Crippen molar-refractivity contribution in [3.63, 3.8) is 0 Å². The minimum Gasteiger partial charge on any atom is -0.352 e. The molecular weight excluding hydrogens is 238 g/mol. The van der Waals surface area contributed by atoms with Crippen molar-refractivity contribution in [2.75, 3.05) is 19.6 Å². The molecule has 18 heavy (non-hydrogen) atoms. The van der Waals surface area contributed by atoms with E-state index in [0.29, 0.717) is 13.0 Å². The van der Waals surface area contributed by atoms with Crippen molar-refractivity contribution in [3.05, 3.63) is 34.9 Å². The number of hydrogen-bond acceptors (Lipinski definition) is 2. The van der Waals surface area contributed by atoms with E-state index in [1.807, 2.05) is 6.92 Å². The van der Waals surface area contributed by atoms with Gasteiger partial charge in [-0.15, -0.1) is 0 Å². The van der Waals surface area contributed by atoms with Crippen LogP contribution in [0.1, 0.15) is 29.3 Å². The number of aryl methyl sites for hydroxylation is 1. The largest absolute Gasteiger partial charge is 0.352 e. The van der Waals surface area contributed by atoms with Gasteiger partial charge in [0.1, 0.15) is 17.2 Å². The molecule has 0 fully saturated rings. The number of benzene rings is 1. The Morgan fingerprint density at radius 2 is 2.00 bits per heavy atom. The van der Waals surface area contributed by atoms with Crippen LogP contribution in [0.2, 0.25) is 0 Å². The number of nitrogens with one attached hydrogen (secondary N) is 2. The van der Waals surface area contributed by atoms with Gasteiger partial charge in [0.05, 0.1) is 0 Å². The van der Waals surface area contributed by atoms with Gasteiger partial charge < -0.3 is 10.6 Å². The van der Waals surface area contributed by atoms with E-state index < -0.39 is 23.1 Å². The van der Waals surface area contributed by atoms with Crippen LogP contribution in [-0.4, -0.2) is 25.5 Å². The third kappa shape index (κ3) is 3.77. The van der Waals surface area contributed by atoms with Gasteiger partial charge in [-0.1, -0.05) is 13.0 Å². The Morgan fingerprint density at radius 1 is 1.28 bits per heavy atom. The number of amides is 1. The maximum Gasteiger partial charge on any atom is 0.257 e. The molecule has 0 saturated carbocycles. The van der Waals surface area contributed by atoms with Crippen LogP contribution in [0.5, 0.6) is 0 Å². The molecule has 5 heteroatoms. The predicted molar refractivity (Wildman–Crippen MR) is 66.6 cm³/mol. The Bertz CT molecular complexity index is 422. The third-order valence-electron chi connectivity index (χ3n) is 2.58. The lowest BCUT2D eigenvalue weighted by Gasteiger charge is -2.08. The lowest BCUT2D eigenvalue weighted by atomic mass is 10.1. The van der Waals surface area contributed by atoms with Gasteiger partial charge in [-0.05, 0) is 38.1 Å². The first kappa shape index (κ1) is 14.6. The van der Waals surface area contributed by atoms with E-state index in [1.165, 1.54) is 13.0 Å². The maximum atomic E-state index is 13.6. The highest BCUT2D eigenvalue weighted by molar-refractivity contribution is 5.94. The van der Waals surface area contributed by atoms with E-state index in [2.05, 4.69) is 10.6 Å². The van der Waals surface area contributed by atoms with Crippen molar-refractivity contribution in [2.45, 2.75) is 20.3 Å². The lowest BCUT2D eigenvalue weighted by Crippen LogP contribution is -2.29. The van der Waals surface area contributed by atoms with Crippen molar-refractivity contribution in [2.24, 2.45) is 0 Å². The SMILES string of the molecule is CCNCCCNC(=O)c1c(F)ccc(C)c1F. The van der Waals surface area contributed by atoms with E-state index in [-0.39, 0.29) is 5.56 Å². The lowest BCUT2D eigenvalue weighted by molar-refractivity contribution is 0.0944. The summed E-state index contributed by atoms with van der Waals surface area (Å²) in [5, 5.41) is 5.60. The highest BCUT2D eigenvalue weighted by atomic mass is 19.1. The summed E-state index contributed by atoms with van der Waals surface area (Å²) >= 11 is 0. The van der Waals surface area contributed by atoms with E-state index in [0.717, 1.165) is 19.2 Å². The second kappa shape index (κ2) is 7.06. The van der Waals surface area contributed by atoms with Gasteiger partial charge in [0.2, 0.25) is 0 Å². The molecule has 1 aromatic rings. The monoisotopic (exact) mass is 256 g/mol. The van der Waals surface area contributed by atoms with E-state index in [1.54, 1.807) is 0 Å². The number of carbonyl (C=O) groups is 1. The van der Waals surface area contributed by atoms with Gasteiger partial charge in [-0.3, -0.25) is 4.79 Å². The molecule has 0 spiro atoms. The van der Waals surface area contributed by atoms with Crippen LogP contribution in [0.15, 0.2) is 12.1 Å². The molecule has 0 aliphatic carbocycles. The summed E-state index contributed by atoms with van der Waals surface area (Å²) < 4.78 is 27.0. The zero-order chi connectivity index (χ0) is 13.5. The molecule has 0 bridgehead atoms. The molecular formula is C13H18F2N2O. The van der Waals surface area contributed by atoms with Gasteiger partial charge in [0.25, 0.3) is 5.91 Å². The number of hydrogen-bond donors (Lipinski definition) is 2. The predicted octanol–water partition coefficient (Wildman–Crippen LogP) is 2.00. The molecule has 2 N–H and O–H groups in total. The summed E-state index contributed by atoms with van der Waals surface area (Å²) in [5.41, 5.74) is -0.243. The number of carbonyl (C=O) groups excluding carboxylic acids is 1. The molecule has 0 aromatic heterocycles. The molecule has 0 aliphatic rings. The van der Waals surface area contributed by atoms with Gasteiger partial charge in [0, 0.05) is 6.54 Å². The normalized spacial score (nSPS) is 10.4. The van der Waals surface area contributed by atoms with Crippen molar-refractivity contribution in [1.29, 1.82) is 0 Å². The summed E-state index contributed by atoms with van der Waals surface area (Å²) in [6.07, 6.45) is 0.717. The highest BCUT2D eigenvalue weighted by Gasteiger charge is 2.18. The average Bonchev–Trinajstić information content (AvgIpc) is 2.34. The molecule has 0 heterocycles. The quantitative estimate of drug-likeness (QED) is 0.764. The first-order valence-corrected chi connectivity index (χ1v) is 6.01. The van der Waals surface area contributed by atoms with Crippen LogP contribution >= 0.6 is 0 Å².